The van der Waals surface area contributed by atoms with Crippen LogP contribution in [-0.2, 0) is 17.7 Å². The maximum Gasteiger partial charge on any atom is 0.142 e. The van der Waals surface area contributed by atoms with Crippen molar-refractivity contribution in [2.45, 2.75) is 32.3 Å². The summed E-state index contributed by atoms with van der Waals surface area (Å²) in [5.41, 5.74) is 2.15. The number of hydrogen-bond donors (Lipinski definition) is 1. The fourth-order valence-corrected chi connectivity index (χ4v) is 2.35. The molecule has 16 heavy (non-hydrogen) atoms. The first kappa shape index (κ1) is 11.7. The van der Waals surface area contributed by atoms with Gasteiger partial charge in [-0.05, 0) is 37.5 Å². The van der Waals surface area contributed by atoms with Crippen molar-refractivity contribution < 1.29 is 9.57 Å². The highest BCUT2D eigenvalue weighted by atomic mass is 35.5. The molecule has 0 unspecified atom stereocenters. The summed E-state index contributed by atoms with van der Waals surface area (Å²) in [5, 5.41) is 0.676. The lowest BCUT2D eigenvalue weighted by molar-refractivity contribution is 0.138. The number of fused-ring (bicyclic) bond motifs is 1. The zero-order valence-corrected chi connectivity index (χ0v) is 10.3. The molecule has 1 aliphatic rings. The first-order valence-electron chi connectivity index (χ1n) is 5.34. The van der Waals surface area contributed by atoms with Gasteiger partial charge in [-0.25, -0.2) is 5.90 Å². The molecule has 1 aromatic rings. The van der Waals surface area contributed by atoms with Gasteiger partial charge in [-0.3, -0.25) is 0 Å². The van der Waals surface area contributed by atoms with E-state index in [1.54, 1.807) is 0 Å². The van der Waals surface area contributed by atoms with Crippen LogP contribution in [0.5, 0.6) is 5.75 Å². The third-order valence-electron chi connectivity index (χ3n) is 2.68. The Labute approximate surface area is 100 Å². The molecular formula is C12H16ClNO2. The van der Waals surface area contributed by atoms with Gasteiger partial charge < -0.3 is 9.57 Å². The van der Waals surface area contributed by atoms with Crippen LogP contribution in [0.3, 0.4) is 0 Å². The number of hydrogen-bond acceptors (Lipinski definition) is 3. The van der Waals surface area contributed by atoms with E-state index in [-0.39, 0.29) is 5.60 Å². The van der Waals surface area contributed by atoms with Crippen LogP contribution in [0.1, 0.15) is 25.0 Å². The molecule has 0 radical (unpaired) electrons. The lowest BCUT2D eigenvalue weighted by atomic mass is 9.99. The first-order valence-corrected chi connectivity index (χ1v) is 5.71. The van der Waals surface area contributed by atoms with Gasteiger partial charge in [-0.1, -0.05) is 17.7 Å². The Morgan fingerprint density at radius 3 is 2.94 bits per heavy atom. The molecule has 0 amide bonds. The molecule has 0 saturated heterocycles. The van der Waals surface area contributed by atoms with Gasteiger partial charge >= 0.3 is 0 Å². The van der Waals surface area contributed by atoms with Gasteiger partial charge in [-0.2, -0.15) is 0 Å². The van der Waals surface area contributed by atoms with Crippen LogP contribution < -0.4 is 10.6 Å². The molecule has 0 aromatic heterocycles. The molecule has 1 heterocycles. The van der Waals surface area contributed by atoms with Crippen molar-refractivity contribution >= 4 is 11.6 Å². The molecule has 0 fully saturated rings. The van der Waals surface area contributed by atoms with E-state index in [0.717, 1.165) is 24.2 Å². The SMILES string of the molecule is CC1(C)Cc2cc(CCON)cc(Cl)c2O1. The predicted molar refractivity (Wildman–Crippen MR) is 63.7 cm³/mol. The summed E-state index contributed by atoms with van der Waals surface area (Å²) in [6, 6.07) is 4.04. The molecule has 1 aliphatic heterocycles. The van der Waals surface area contributed by atoms with E-state index in [0.29, 0.717) is 11.6 Å². The molecule has 2 rings (SSSR count). The second-order valence-corrected chi connectivity index (χ2v) is 5.13. The summed E-state index contributed by atoms with van der Waals surface area (Å²) in [5.74, 6) is 5.84. The summed E-state index contributed by atoms with van der Waals surface area (Å²) >= 11 is 6.18. The van der Waals surface area contributed by atoms with Crippen molar-refractivity contribution in [1.82, 2.24) is 0 Å². The minimum absolute atomic E-state index is 0.158. The van der Waals surface area contributed by atoms with Crippen LogP contribution in [0.2, 0.25) is 5.02 Å². The topological polar surface area (TPSA) is 44.5 Å². The van der Waals surface area contributed by atoms with Crippen molar-refractivity contribution in [3.8, 4) is 5.75 Å². The normalized spacial score (nSPS) is 17.0. The van der Waals surface area contributed by atoms with E-state index >= 15 is 0 Å². The standard InChI is InChI=1S/C12H16ClNO2/c1-12(2)7-9-5-8(3-4-15-14)6-10(13)11(9)16-12/h5-6H,3-4,7,14H2,1-2H3. The Morgan fingerprint density at radius 2 is 2.25 bits per heavy atom. The number of benzene rings is 1. The van der Waals surface area contributed by atoms with Gasteiger partial charge in [0.05, 0.1) is 11.6 Å². The average Bonchev–Trinajstić information content (AvgIpc) is 2.50. The van der Waals surface area contributed by atoms with Gasteiger partial charge in [0.15, 0.2) is 0 Å². The predicted octanol–water partition coefficient (Wildman–Crippen LogP) is 2.49. The largest absolute Gasteiger partial charge is 0.486 e. The maximum absolute atomic E-state index is 6.18. The zero-order chi connectivity index (χ0) is 11.8. The summed E-state index contributed by atoms with van der Waals surface area (Å²) in [4.78, 5) is 4.57. The van der Waals surface area contributed by atoms with E-state index in [1.807, 2.05) is 6.07 Å². The molecule has 0 saturated carbocycles. The molecule has 88 valence electrons. The fraction of sp³-hybridized carbons (Fsp3) is 0.500. The minimum atomic E-state index is -0.158. The van der Waals surface area contributed by atoms with E-state index in [1.165, 1.54) is 5.56 Å². The monoisotopic (exact) mass is 241 g/mol. The molecule has 3 nitrogen and oxygen atoms in total. The second-order valence-electron chi connectivity index (χ2n) is 4.73. The average molecular weight is 242 g/mol. The molecule has 0 aliphatic carbocycles. The van der Waals surface area contributed by atoms with E-state index in [2.05, 4.69) is 24.8 Å². The van der Waals surface area contributed by atoms with E-state index in [4.69, 9.17) is 22.2 Å². The molecule has 0 atom stereocenters. The smallest absolute Gasteiger partial charge is 0.142 e. The fourth-order valence-electron chi connectivity index (χ4n) is 2.05. The molecule has 1 aromatic carbocycles. The van der Waals surface area contributed by atoms with E-state index in [9.17, 15) is 0 Å². The minimum Gasteiger partial charge on any atom is -0.486 e. The van der Waals surface area contributed by atoms with Crippen molar-refractivity contribution in [1.29, 1.82) is 0 Å². The Morgan fingerprint density at radius 1 is 1.50 bits per heavy atom. The molecule has 0 bridgehead atoms. The summed E-state index contributed by atoms with van der Waals surface area (Å²) < 4.78 is 5.80. The lowest BCUT2D eigenvalue weighted by Gasteiger charge is -2.17. The molecule has 2 N–H and O–H groups in total. The van der Waals surface area contributed by atoms with Crippen LogP contribution in [0.15, 0.2) is 12.1 Å². The van der Waals surface area contributed by atoms with E-state index < -0.39 is 0 Å². The number of halogens is 1. The second kappa shape index (κ2) is 4.24. The van der Waals surface area contributed by atoms with Crippen molar-refractivity contribution in [3.63, 3.8) is 0 Å². The van der Waals surface area contributed by atoms with Crippen molar-refractivity contribution in [2.24, 2.45) is 5.90 Å². The van der Waals surface area contributed by atoms with Crippen LogP contribution >= 0.6 is 11.6 Å². The van der Waals surface area contributed by atoms with Crippen LogP contribution in [0, 0.1) is 0 Å². The first-order chi connectivity index (χ1) is 7.52. The van der Waals surface area contributed by atoms with Gasteiger partial charge in [0.25, 0.3) is 0 Å². The highest BCUT2D eigenvalue weighted by Gasteiger charge is 2.31. The quantitative estimate of drug-likeness (QED) is 0.827. The van der Waals surface area contributed by atoms with Gasteiger partial charge in [-0.15, -0.1) is 0 Å². The number of ether oxygens (including phenoxy) is 1. The molecule has 0 spiro atoms. The maximum atomic E-state index is 6.18. The van der Waals surface area contributed by atoms with Crippen molar-refractivity contribution in [3.05, 3.63) is 28.3 Å². The third kappa shape index (κ3) is 2.32. The lowest BCUT2D eigenvalue weighted by Crippen LogP contribution is -2.24. The Balaban J connectivity index is 2.27. The summed E-state index contributed by atoms with van der Waals surface area (Å²) in [6.07, 6.45) is 1.66. The summed E-state index contributed by atoms with van der Waals surface area (Å²) in [7, 11) is 0. The third-order valence-corrected chi connectivity index (χ3v) is 2.96. The van der Waals surface area contributed by atoms with Gasteiger partial charge in [0.2, 0.25) is 0 Å². The zero-order valence-electron chi connectivity index (χ0n) is 9.55. The Kier molecular flexibility index (Phi) is 3.10. The highest BCUT2D eigenvalue weighted by molar-refractivity contribution is 6.32. The Hall–Kier alpha value is -0.770. The van der Waals surface area contributed by atoms with Crippen LogP contribution in [0.4, 0.5) is 0 Å². The van der Waals surface area contributed by atoms with Crippen molar-refractivity contribution in [2.75, 3.05) is 6.61 Å². The molecular weight excluding hydrogens is 226 g/mol. The van der Waals surface area contributed by atoms with Crippen LogP contribution in [0.25, 0.3) is 0 Å². The summed E-state index contributed by atoms with van der Waals surface area (Å²) in [6.45, 7) is 4.62. The number of rotatable bonds is 3. The highest BCUT2D eigenvalue weighted by Crippen LogP contribution is 2.40. The number of nitrogens with two attached hydrogens (primary N) is 1. The van der Waals surface area contributed by atoms with Crippen LogP contribution in [-0.4, -0.2) is 12.2 Å². The van der Waals surface area contributed by atoms with Gasteiger partial charge in [0, 0.05) is 6.42 Å². The molecule has 4 heteroatoms. The Bertz CT molecular complexity index is 404. The van der Waals surface area contributed by atoms with Gasteiger partial charge in [0.1, 0.15) is 11.4 Å².